The summed E-state index contributed by atoms with van der Waals surface area (Å²) in [4.78, 5) is 21.3. The topological polar surface area (TPSA) is 45.7 Å². The Kier molecular flexibility index (Phi) is 4.65. The van der Waals surface area contributed by atoms with Gasteiger partial charge in [0.25, 0.3) is 0 Å². The van der Waals surface area contributed by atoms with Crippen LogP contribution in [0.5, 0.6) is 5.75 Å². The highest BCUT2D eigenvalue weighted by Gasteiger charge is 2.31. The van der Waals surface area contributed by atoms with Gasteiger partial charge in [-0.3, -0.25) is 14.7 Å². The molecule has 0 bridgehead atoms. The second kappa shape index (κ2) is 7.23. The van der Waals surface area contributed by atoms with Gasteiger partial charge in [-0.2, -0.15) is 0 Å². The number of amides is 1. The summed E-state index contributed by atoms with van der Waals surface area (Å²) in [5, 5.41) is 0. The Labute approximate surface area is 148 Å². The smallest absolute Gasteiger partial charge is 0.229 e. The number of piperazine rings is 1. The van der Waals surface area contributed by atoms with E-state index in [4.69, 9.17) is 4.74 Å². The van der Waals surface area contributed by atoms with E-state index in [9.17, 15) is 4.79 Å². The molecule has 5 heteroatoms. The van der Waals surface area contributed by atoms with Gasteiger partial charge in [0, 0.05) is 45.1 Å². The number of ether oxygens (including phenoxy) is 1. The molecule has 0 spiro atoms. The first-order chi connectivity index (χ1) is 12.3. The molecule has 1 saturated heterocycles. The molecule has 5 nitrogen and oxygen atoms in total. The number of rotatable bonds is 3. The minimum absolute atomic E-state index is 0.0540. The molecule has 2 aromatic rings. The van der Waals surface area contributed by atoms with Gasteiger partial charge < -0.3 is 9.64 Å². The number of carbonyl (C=O) groups is 1. The number of hydrogen-bond acceptors (Lipinski definition) is 4. The molecular formula is C20H23N3O2. The van der Waals surface area contributed by atoms with Crippen LogP contribution in [0.2, 0.25) is 0 Å². The lowest BCUT2D eigenvalue weighted by molar-refractivity contribution is -0.138. The number of pyridine rings is 1. The van der Waals surface area contributed by atoms with E-state index in [0.29, 0.717) is 6.61 Å². The van der Waals surface area contributed by atoms with Crippen molar-refractivity contribution in [2.45, 2.75) is 13.0 Å². The lowest BCUT2D eigenvalue weighted by Crippen LogP contribution is -2.51. The maximum absolute atomic E-state index is 12.8. The first-order valence-electron chi connectivity index (χ1n) is 8.90. The molecule has 2 aliphatic rings. The Balaban J connectivity index is 1.31. The lowest BCUT2D eigenvalue weighted by atomic mass is 9.95. The number of nitrogens with zero attached hydrogens (tertiary/aromatic N) is 3. The number of benzene rings is 1. The van der Waals surface area contributed by atoms with Crippen LogP contribution in [-0.2, 0) is 17.8 Å². The minimum atomic E-state index is -0.0540. The average Bonchev–Trinajstić information content (AvgIpc) is 2.68. The number of aromatic nitrogens is 1. The number of hydrogen-bond donors (Lipinski definition) is 0. The molecule has 1 aromatic carbocycles. The quantitative estimate of drug-likeness (QED) is 0.859. The molecule has 0 N–H and O–H groups in total. The minimum Gasteiger partial charge on any atom is -0.492 e. The van der Waals surface area contributed by atoms with Crippen molar-refractivity contribution in [2.24, 2.45) is 5.92 Å². The van der Waals surface area contributed by atoms with Crippen LogP contribution in [0.1, 0.15) is 11.1 Å². The predicted molar refractivity (Wildman–Crippen MR) is 95.2 cm³/mol. The average molecular weight is 337 g/mol. The van der Waals surface area contributed by atoms with E-state index in [2.05, 4.69) is 16.0 Å². The van der Waals surface area contributed by atoms with E-state index in [-0.39, 0.29) is 11.8 Å². The molecule has 1 amide bonds. The first kappa shape index (κ1) is 16.1. The molecule has 3 heterocycles. The van der Waals surface area contributed by atoms with Crippen molar-refractivity contribution in [2.75, 3.05) is 32.8 Å². The van der Waals surface area contributed by atoms with Crippen LogP contribution in [0, 0.1) is 5.92 Å². The van der Waals surface area contributed by atoms with Gasteiger partial charge in [0.1, 0.15) is 12.4 Å². The van der Waals surface area contributed by atoms with Crippen LogP contribution < -0.4 is 4.74 Å². The Morgan fingerprint density at radius 3 is 2.64 bits per heavy atom. The monoisotopic (exact) mass is 337 g/mol. The second-order valence-corrected chi connectivity index (χ2v) is 6.78. The van der Waals surface area contributed by atoms with Crippen LogP contribution in [-0.4, -0.2) is 53.5 Å². The van der Waals surface area contributed by atoms with Crippen LogP contribution in [0.3, 0.4) is 0 Å². The summed E-state index contributed by atoms with van der Waals surface area (Å²) in [7, 11) is 0. The SMILES string of the molecule is O=C(C1COc2ccccc2C1)N1CCN(Cc2ccncc2)CC1. The van der Waals surface area contributed by atoms with Gasteiger partial charge in [-0.15, -0.1) is 0 Å². The first-order valence-corrected chi connectivity index (χ1v) is 8.90. The fraction of sp³-hybridized carbons (Fsp3) is 0.400. The standard InChI is InChI=1S/C20H23N3O2/c24-20(18-13-17-3-1-2-4-19(17)25-15-18)23-11-9-22(10-12-23)14-16-5-7-21-8-6-16/h1-8,18H,9-15H2. The summed E-state index contributed by atoms with van der Waals surface area (Å²) < 4.78 is 5.78. The van der Waals surface area contributed by atoms with E-state index in [1.165, 1.54) is 5.56 Å². The third-order valence-corrected chi connectivity index (χ3v) is 5.07. The molecule has 130 valence electrons. The van der Waals surface area contributed by atoms with Gasteiger partial charge >= 0.3 is 0 Å². The van der Waals surface area contributed by atoms with Crippen molar-refractivity contribution in [3.8, 4) is 5.75 Å². The summed E-state index contributed by atoms with van der Waals surface area (Å²) in [6, 6.07) is 12.1. The van der Waals surface area contributed by atoms with Gasteiger partial charge in [0.2, 0.25) is 5.91 Å². The molecule has 2 aliphatic heterocycles. The highest BCUT2D eigenvalue weighted by Crippen LogP contribution is 2.28. The van der Waals surface area contributed by atoms with Gasteiger partial charge in [-0.25, -0.2) is 0 Å². The molecule has 0 saturated carbocycles. The van der Waals surface area contributed by atoms with E-state index < -0.39 is 0 Å². The van der Waals surface area contributed by atoms with Gasteiger partial charge in [-0.1, -0.05) is 18.2 Å². The summed E-state index contributed by atoms with van der Waals surface area (Å²) in [5.41, 5.74) is 2.41. The van der Waals surface area contributed by atoms with Gasteiger partial charge in [0.15, 0.2) is 0 Å². The van der Waals surface area contributed by atoms with Crippen molar-refractivity contribution in [1.29, 1.82) is 0 Å². The molecule has 1 aromatic heterocycles. The number of fused-ring (bicyclic) bond motifs is 1. The third-order valence-electron chi connectivity index (χ3n) is 5.07. The van der Waals surface area contributed by atoms with Crippen molar-refractivity contribution in [1.82, 2.24) is 14.8 Å². The Morgan fingerprint density at radius 1 is 1.08 bits per heavy atom. The largest absolute Gasteiger partial charge is 0.492 e. The predicted octanol–water partition coefficient (Wildman–Crippen LogP) is 1.98. The van der Waals surface area contributed by atoms with Crippen molar-refractivity contribution < 1.29 is 9.53 Å². The fourth-order valence-corrected chi connectivity index (χ4v) is 3.62. The zero-order valence-corrected chi connectivity index (χ0v) is 14.3. The fourth-order valence-electron chi connectivity index (χ4n) is 3.62. The molecule has 0 radical (unpaired) electrons. The molecule has 1 unspecified atom stereocenters. The normalized spacial score (nSPS) is 20.6. The highest BCUT2D eigenvalue weighted by atomic mass is 16.5. The molecule has 4 rings (SSSR count). The Morgan fingerprint density at radius 2 is 1.84 bits per heavy atom. The van der Waals surface area contributed by atoms with Crippen LogP contribution in [0.15, 0.2) is 48.8 Å². The van der Waals surface area contributed by atoms with Crippen LogP contribution in [0.25, 0.3) is 0 Å². The van der Waals surface area contributed by atoms with E-state index in [0.717, 1.165) is 50.5 Å². The van der Waals surface area contributed by atoms with E-state index >= 15 is 0 Å². The van der Waals surface area contributed by atoms with Crippen LogP contribution in [0.4, 0.5) is 0 Å². The van der Waals surface area contributed by atoms with Gasteiger partial charge in [0.05, 0.1) is 5.92 Å². The number of para-hydroxylation sites is 1. The van der Waals surface area contributed by atoms with E-state index in [1.54, 1.807) is 0 Å². The van der Waals surface area contributed by atoms with Crippen LogP contribution >= 0.6 is 0 Å². The maximum atomic E-state index is 12.8. The second-order valence-electron chi connectivity index (χ2n) is 6.78. The van der Waals surface area contributed by atoms with Crippen molar-refractivity contribution in [3.63, 3.8) is 0 Å². The molecule has 1 atom stereocenters. The van der Waals surface area contributed by atoms with Crippen molar-refractivity contribution in [3.05, 3.63) is 59.9 Å². The van der Waals surface area contributed by atoms with Gasteiger partial charge in [-0.05, 0) is 35.7 Å². The summed E-state index contributed by atoms with van der Waals surface area (Å²) >= 11 is 0. The number of carbonyl (C=O) groups excluding carboxylic acids is 1. The third kappa shape index (κ3) is 3.66. The zero-order chi connectivity index (χ0) is 17.1. The lowest BCUT2D eigenvalue weighted by Gasteiger charge is -2.37. The summed E-state index contributed by atoms with van der Waals surface area (Å²) in [6.07, 6.45) is 4.44. The Bertz CT molecular complexity index is 727. The molecule has 0 aliphatic carbocycles. The van der Waals surface area contributed by atoms with Crippen molar-refractivity contribution >= 4 is 5.91 Å². The zero-order valence-electron chi connectivity index (χ0n) is 14.3. The van der Waals surface area contributed by atoms with E-state index in [1.807, 2.05) is 47.6 Å². The maximum Gasteiger partial charge on any atom is 0.229 e. The molecule has 1 fully saturated rings. The summed E-state index contributed by atoms with van der Waals surface area (Å²) in [6.45, 7) is 4.83. The Hall–Kier alpha value is -2.40. The molecular weight excluding hydrogens is 314 g/mol. The highest BCUT2D eigenvalue weighted by molar-refractivity contribution is 5.80. The summed E-state index contributed by atoms with van der Waals surface area (Å²) in [5.74, 6) is 1.11. The molecule has 25 heavy (non-hydrogen) atoms.